The Hall–Kier alpha value is -2.86. The Labute approximate surface area is 145 Å². The maximum atomic E-state index is 11.4. The van der Waals surface area contributed by atoms with Crippen LogP contribution in [0.25, 0.3) is 11.0 Å². The van der Waals surface area contributed by atoms with Gasteiger partial charge in [-0.3, -0.25) is 4.79 Å². The summed E-state index contributed by atoms with van der Waals surface area (Å²) in [7, 11) is 1.51. The van der Waals surface area contributed by atoms with Crippen molar-refractivity contribution in [1.82, 2.24) is 9.55 Å². The number of Topliss-reactive ketones (excluding diaryl/α,β-unsaturated/α-hetero) is 1. The van der Waals surface area contributed by atoms with Crippen molar-refractivity contribution < 1.29 is 19.4 Å². The molecule has 0 unspecified atom stereocenters. The van der Waals surface area contributed by atoms with E-state index in [1.54, 1.807) is 24.5 Å². The van der Waals surface area contributed by atoms with Gasteiger partial charge in [0.15, 0.2) is 17.3 Å². The van der Waals surface area contributed by atoms with Crippen LogP contribution in [0.2, 0.25) is 0 Å². The van der Waals surface area contributed by atoms with Gasteiger partial charge in [0, 0.05) is 5.56 Å². The van der Waals surface area contributed by atoms with Crippen molar-refractivity contribution in [3.63, 3.8) is 0 Å². The number of para-hydroxylation sites is 2. The van der Waals surface area contributed by atoms with E-state index in [2.05, 4.69) is 4.98 Å². The van der Waals surface area contributed by atoms with Crippen molar-refractivity contribution >= 4 is 16.8 Å². The summed E-state index contributed by atoms with van der Waals surface area (Å²) in [4.78, 5) is 15.7. The lowest BCUT2D eigenvalue weighted by atomic mass is 10.1. The lowest BCUT2D eigenvalue weighted by Gasteiger charge is -2.15. The number of aromatic nitrogens is 2. The van der Waals surface area contributed by atoms with E-state index in [4.69, 9.17) is 9.47 Å². The summed E-state index contributed by atoms with van der Waals surface area (Å²) >= 11 is 0. The first-order valence-corrected chi connectivity index (χ1v) is 7.98. The molecule has 3 rings (SSSR count). The molecule has 130 valence electrons. The number of carbonyl (C=O) groups is 1. The van der Waals surface area contributed by atoms with E-state index in [0.717, 1.165) is 11.0 Å². The van der Waals surface area contributed by atoms with Crippen LogP contribution in [0.15, 0.2) is 48.8 Å². The van der Waals surface area contributed by atoms with Gasteiger partial charge in [-0.1, -0.05) is 12.1 Å². The van der Waals surface area contributed by atoms with Gasteiger partial charge in [0.2, 0.25) is 0 Å². The zero-order chi connectivity index (χ0) is 17.8. The summed E-state index contributed by atoms with van der Waals surface area (Å²) in [5, 5.41) is 10.3. The number of fused-ring (bicyclic) bond motifs is 1. The monoisotopic (exact) mass is 340 g/mol. The maximum Gasteiger partial charge on any atom is 0.161 e. The van der Waals surface area contributed by atoms with Crippen molar-refractivity contribution in [3.05, 3.63) is 54.4 Å². The van der Waals surface area contributed by atoms with E-state index in [9.17, 15) is 9.90 Å². The number of ketones is 1. The normalized spacial score (nSPS) is 12.1. The highest BCUT2D eigenvalue weighted by Gasteiger charge is 2.12. The fourth-order valence-corrected chi connectivity index (χ4v) is 2.63. The van der Waals surface area contributed by atoms with Crippen LogP contribution in [-0.4, -0.2) is 40.3 Å². The van der Waals surface area contributed by atoms with Gasteiger partial charge in [-0.15, -0.1) is 0 Å². The predicted molar refractivity (Wildman–Crippen MR) is 94.2 cm³/mol. The number of ether oxygens (including phenoxy) is 2. The molecule has 0 bridgehead atoms. The van der Waals surface area contributed by atoms with Crippen LogP contribution in [0, 0.1) is 0 Å². The quantitative estimate of drug-likeness (QED) is 0.670. The third-order valence-corrected chi connectivity index (χ3v) is 3.94. The molecular formula is C19H20N2O4. The second kappa shape index (κ2) is 7.36. The molecule has 2 aromatic carbocycles. The Kier molecular flexibility index (Phi) is 5.00. The fraction of sp³-hybridized carbons (Fsp3) is 0.263. The average molecular weight is 340 g/mol. The van der Waals surface area contributed by atoms with Gasteiger partial charge in [-0.2, -0.15) is 0 Å². The van der Waals surface area contributed by atoms with Gasteiger partial charge < -0.3 is 19.1 Å². The third-order valence-electron chi connectivity index (χ3n) is 3.94. The van der Waals surface area contributed by atoms with Crippen LogP contribution in [0.5, 0.6) is 11.5 Å². The minimum absolute atomic E-state index is 0.0446. The van der Waals surface area contributed by atoms with Gasteiger partial charge in [0.05, 0.1) is 31.0 Å². The molecular weight excluding hydrogens is 320 g/mol. The first kappa shape index (κ1) is 17.0. The largest absolute Gasteiger partial charge is 0.493 e. The number of rotatable bonds is 7. The van der Waals surface area contributed by atoms with Crippen LogP contribution in [0.3, 0.4) is 0 Å². The number of benzene rings is 2. The van der Waals surface area contributed by atoms with E-state index in [-0.39, 0.29) is 12.4 Å². The molecule has 0 aliphatic rings. The standard InChI is InChI=1S/C19H20N2O4/c1-13(22)14-7-8-18(19(9-14)24-2)25-11-15(23)10-21-12-20-16-5-3-4-6-17(16)21/h3-9,12,15,23H,10-11H2,1-2H3/t15-/m0/s1. The lowest BCUT2D eigenvalue weighted by molar-refractivity contribution is 0.0917. The summed E-state index contributed by atoms with van der Waals surface area (Å²) in [6.07, 6.45) is 0.991. The van der Waals surface area contributed by atoms with Crippen LogP contribution in [0.1, 0.15) is 17.3 Å². The molecule has 0 radical (unpaired) electrons. The molecule has 1 aromatic heterocycles. The predicted octanol–water partition coefficient (Wildman–Crippen LogP) is 2.69. The van der Waals surface area contributed by atoms with Crippen molar-refractivity contribution in [3.8, 4) is 11.5 Å². The fourth-order valence-electron chi connectivity index (χ4n) is 2.63. The molecule has 0 amide bonds. The Balaban J connectivity index is 1.66. The van der Waals surface area contributed by atoms with Gasteiger partial charge >= 0.3 is 0 Å². The minimum atomic E-state index is -0.713. The molecule has 0 spiro atoms. The zero-order valence-corrected chi connectivity index (χ0v) is 14.2. The average Bonchev–Trinajstić information content (AvgIpc) is 3.02. The molecule has 0 fully saturated rings. The highest BCUT2D eigenvalue weighted by atomic mass is 16.5. The molecule has 1 atom stereocenters. The van der Waals surface area contributed by atoms with E-state index in [0.29, 0.717) is 23.6 Å². The number of imidazole rings is 1. The number of hydrogen-bond acceptors (Lipinski definition) is 5. The maximum absolute atomic E-state index is 11.4. The zero-order valence-electron chi connectivity index (χ0n) is 14.2. The number of hydrogen-bond donors (Lipinski definition) is 1. The molecule has 0 saturated carbocycles. The SMILES string of the molecule is COc1cc(C(C)=O)ccc1OC[C@@H](O)Cn1cnc2ccccc21. The van der Waals surface area contributed by atoms with Crippen molar-refractivity contribution in [2.24, 2.45) is 0 Å². The van der Waals surface area contributed by atoms with Gasteiger partial charge in [0.1, 0.15) is 12.7 Å². The van der Waals surface area contributed by atoms with E-state index >= 15 is 0 Å². The third kappa shape index (κ3) is 3.80. The molecule has 6 nitrogen and oxygen atoms in total. The van der Waals surface area contributed by atoms with Crippen molar-refractivity contribution in [1.29, 1.82) is 0 Å². The first-order valence-electron chi connectivity index (χ1n) is 7.98. The number of nitrogens with zero attached hydrogens (tertiary/aromatic N) is 2. The Morgan fingerprint density at radius 3 is 2.80 bits per heavy atom. The minimum Gasteiger partial charge on any atom is -0.493 e. The topological polar surface area (TPSA) is 73.6 Å². The summed E-state index contributed by atoms with van der Waals surface area (Å²) < 4.78 is 12.8. The second-order valence-electron chi connectivity index (χ2n) is 5.77. The Morgan fingerprint density at radius 2 is 2.04 bits per heavy atom. The molecule has 0 aliphatic carbocycles. The highest BCUT2D eigenvalue weighted by Crippen LogP contribution is 2.28. The Morgan fingerprint density at radius 1 is 1.24 bits per heavy atom. The van der Waals surface area contributed by atoms with E-state index < -0.39 is 6.10 Å². The molecule has 3 aromatic rings. The second-order valence-corrected chi connectivity index (χ2v) is 5.77. The van der Waals surface area contributed by atoms with E-state index in [1.165, 1.54) is 14.0 Å². The summed E-state index contributed by atoms with van der Waals surface area (Å²) in [6, 6.07) is 12.7. The van der Waals surface area contributed by atoms with E-state index in [1.807, 2.05) is 28.8 Å². The molecule has 25 heavy (non-hydrogen) atoms. The first-order chi connectivity index (χ1) is 12.1. The lowest BCUT2D eigenvalue weighted by Crippen LogP contribution is -2.23. The Bertz CT molecular complexity index is 888. The van der Waals surface area contributed by atoms with Crippen molar-refractivity contribution in [2.75, 3.05) is 13.7 Å². The van der Waals surface area contributed by atoms with Crippen LogP contribution in [-0.2, 0) is 6.54 Å². The van der Waals surface area contributed by atoms with Gasteiger partial charge in [-0.25, -0.2) is 4.98 Å². The van der Waals surface area contributed by atoms with Crippen molar-refractivity contribution in [2.45, 2.75) is 19.6 Å². The smallest absolute Gasteiger partial charge is 0.161 e. The summed E-state index contributed by atoms with van der Waals surface area (Å²) in [6.45, 7) is 1.96. The molecule has 6 heteroatoms. The molecule has 1 heterocycles. The van der Waals surface area contributed by atoms with Gasteiger partial charge in [-0.05, 0) is 37.3 Å². The molecule has 0 saturated heterocycles. The number of aliphatic hydroxyl groups excluding tert-OH is 1. The van der Waals surface area contributed by atoms with Crippen LogP contribution in [0.4, 0.5) is 0 Å². The molecule has 0 aliphatic heterocycles. The van der Waals surface area contributed by atoms with Crippen LogP contribution < -0.4 is 9.47 Å². The highest BCUT2D eigenvalue weighted by molar-refractivity contribution is 5.94. The summed E-state index contributed by atoms with van der Waals surface area (Å²) in [5.41, 5.74) is 2.40. The molecule has 1 N–H and O–H groups in total. The number of aliphatic hydroxyl groups is 1. The van der Waals surface area contributed by atoms with Crippen LogP contribution >= 0.6 is 0 Å². The van der Waals surface area contributed by atoms with Gasteiger partial charge in [0.25, 0.3) is 0 Å². The summed E-state index contributed by atoms with van der Waals surface area (Å²) in [5.74, 6) is 0.909. The number of methoxy groups -OCH3 is 1. The number of carbonyl (C=O) groups excluding carboxylic acids is 1.